The Morgan fingerprint density at radius 2 is 1.81 bits per heavy atom. The summed E-state index contributed by atoms with van der Waals surface area (Å²) in [5.74, 6) is -1.28. The summed E-state index contributed by atoms with van der Waals surface area (Å²) in [5, 5.41) is 12.2. The molecule has 3 aromatic rings. The maximum atomic E-state index is 13.2. The van der Waals surface area contributed by atoms with Crippen LogP contribution in [-0.2, 0) is 16.6 Å². The van der Waals surface area contributed by atoms with Gasteiger partial charge in [-0.15, -0.1) is 0 Å². The molecule has 0 radical (unpaired) electrons. The third-order valence-corrected chi connectivity index (χ3v) is 6.30. The first-order chi connectivity index (χ1) is 14.8. The van der Waals surface area contributed by atoms with Crippen molar-refractivity contribution in [1.82, 2.24) is 9.47 Å². The number of ketones is 1. The fourth-order valence-electron chi connectivity index (χ4n) is 4.40. The molecule has 1 unspecified atom stereocenters. The van der Waals surface area contributed by atoms with Crippen LogP contribution in [0.1, 0.15) is 48.1 Å². The molecular formula is C26H28N2O3. The van der Waals surface area contributed by atoms with Crippen molar-refractivity contribution in [3.8, 4) is 0 Å². The lowest BCUT2D eigenvalue weighted by Crippen LogP contribution is -2.30. The number of para-hydroxylation sites is 1. The number of amides is 1. The van der Waals surface area contributed by atoms with Crippen molar-refractivity contribution in [3.63, 3.8) is 0 Å². The van der Waals surface area contributed by atoms with Crippen LogP contribution in [0.4, 0.5) is 0 Å². The second-order valence-corrected chi connectivity index (χ2v) is 8.36. The Hall–Kier alpha value is -3.34. The molecule has 0 saturated carbocycles. The highest BCUT2D eigenvalue weighted by Crippen LogP contribution is 2.42. The molecular weight excluding hydrogens is 388 g/mol. The van der Waals surface area contributed by atoms with Gasteiger partial charge in [0.1, 0.15) is 5.76 Å². The van der Waals surface area contributed by atoms with E-state index in [9.17, 15) is 14.7 Å². The number of aryl methyl sites for hydroxylation is 3. The van der Waals surface area contributed by atoms with E-state index in [1.54, 1.807) is 11.0 Å². The molecule has 1 aliphatic rings. The fourth-order valence-corrected chi connectivity index (χ4v) is 4.40. The number of hydrogen-bond donors (Lipinski definition) is 1. The smallest absolute Gasteiger partial charge is 0.295 e. The molecule has 4 rings (SSSR count). The lowest BCUT2D eigenvalue weighted by Gasteiger charge is -2.24. The topological polar surface area (TPSA) is 62.5 Å². The number of unbranched alkanes of at least 4 members (excludes halogenated alkanes) is 1. The lowest BCUT2D eigenvalue weighted by atomic mass is 9.94. The highest BCUT2D eigenvalue weighted by atomic mass is 16.3. The zero-order valence-corrected chi connectivity index (χ0v) is 18.5. The molecule has 5 nitrogen and oxygen atoms in total. The maximum absolute atomic E-state index is 13.2. The van der Waals surface area contributed by atoms with Gasteiger partial charge >= 0.3 is 0 Å². The summed E-state index contributed by atoms with van der Waals surface area (Å²) in [6.07, 6.45) is 3.66. The van der Waals surface area contributed by atoms with Crippen LogP contribution in [0.15, 0.2) is 54.2 Å². The number of rotatable bonds is 5. The monoisotopic (exact) mass is 416 g/mol. The first-order valence-electron chi connectivity index (χ1n) is 10.7. The van der Waals surface area contributed by atoms with Gasteiger partial charge in [-0.3, -0.25) is 9.59 Å². The Labute approximate surface area is 182 Å². The third-order valence-electron chi connectivity index (χ3n) is 6.30. The number of carbonyl (C=O) groups is 2. The molecule has 2 aromatic carbocycles. The van der Waals surface area contributed by atoms with Gasteiger partial charge in [-0.25, -0.2) is 0 Å². The molecule has 1 atom stereocenters. The number of nitrogens with zero attached hydrogens (tertiary/aromatic N) is 2. The van der Waals surface area contributed by atoms with E-state index < -0.39 is 17.7 Å². The van der Waals surface area contributed by atoms with Gasteiger partial charge in [-0.1, -0.05) is 43.7 Å². The summed E-state index contributed by atoms with van der Waals surface area (Å²) < 4.78 is 2.00. The van der Waals surface area contributed by atoms with Gasteiger partial charge in [0, 0.05) is 41.8 Å². The van der Waals surface area contributed by atoms with Gasteiger partial charge in [0.25, 0.3) is 11.7 Å². The van der Waals surface area contributed by atoms with Crippen LogP contribution in [0.2, 0.25) is 0 Å². The van der Waals surface area contributed by atoms with Gasteiger partial charge in [-0.05, 0) is 43.5 Å². The van der Waals surface area contributed by atoms with E-state index in [0.29, 0.717) is 12.1 Å². The Morgan fingerprint density at radius 3 is 2.52 bits per heavy atom. The number of aliphatic hydroxyl groups is 1. The van der Waals surface area contributed by atoms with Gasteiger partial charge in [0.05, 0.1) is 11.6 Å². The van der Waals surface area contributed by atoms with Crippen LogP contribution in [0.25, 0.3) is 16.7 Å². The molecule has 1 N–H and O–H groups in total. The number of benzene rings is 2. The van der Waals surface area contributed by atoms with Crippen molar-refractivity contribution < 1.29 is 14.7 Å². The highest BCUT2D eigenvalue weighted by molar-refractivity contribution is 6.46. The molecule has 2 heterocycles. The van der Waals surface area contributed by atoms with Crippen molar-refractivity contribution in [1.29, 1.82) is 0 Å². The molecule has 1 aromatic heterocycles. The fraction of sp³-hybridized carbons (Fsp3) is 0.308. The van der Waals surface area contributed by atoms with E-state index in [1.807, 2.05) is 68.1 Å². The Morgan fingerprint density at radius 1 is 1.06 bits per heavy atom. The van der Waals surface area contributed by atoms with Crippen molar-refractivity contribution >= 4 is 28.4 Å². The average molecular weight is 417 g/mol. The Kier molecular flexibility index (Phi) is 5.44. The second-order valence-electron chi connectivity index (χ2n) is 8.36. The predicted octanol–water partition coefficient (Wildman–Crippen LogP) is 5.02. The largest absolute Gasteiger partial charge is 0.507 e. The van der Waals surface area contributed by atoms with Crippen molar-refractivity contribution in [2.24, 2.45) is 7.05 Å². The van der Waals surface area contributed by atoms with E-state index in [4.69, 9.17) is 0 Å². The standard InChI is InChI=1S/C26H28N2O3/c1-5-6-13-28-23(20-15-27(4)21-10-8-7-9-19(20)21)22(25(30)26(28)31)24(29)18-12-11-16(2)17(3)14-18/h7-12,14-15,23,29H,5-6,13H2,1-4H3/b24-22+. The minimum absolute atomic E-state index is 0.113. The first kappa shape index (κ1) is 20.9. The number of fused-ring (bicyclic) bond motifs is 1. The van der Waals surface area contributed by atoms with E-state index >= 15 is 0 Å². The van der Waals surface area contributed by atoms with Crippen LogP contribution >= 0.6 is 0 Å². The SMILES string of the molecule is CCCCN1C(=O)C(=O)/C(=C(/O)c2ccc(C)c(C)c2)C1c1cn(C)c2ccccc12. The highest BCUT2D eigenvalue weighted by Gasteiger charge is 2.46. The molecule has 31 heavy (non-hydrogen) atoms. The van der Waals surface area contributed by atoms with Crippen LogP contribution in [-0.4, -0.2) is 32.8 Å². The third kappa shape index (κ3) is 3.44. The van der Waals surface area contributed by atoms with Crippen LogP contribution in [0.5, 0.6) is 0 Å². The van der Waals surface area contributed by atoms with Crippen LogP contribution in [0.3, 0.4) is 0 Å². The quantitative estimate of drug-likeness (QED) is 0.361. The van der Waals surface area contributed by atoms with Gasteiger partial charge in [0.2, 0.25) is 0 Å². The number of aliphatic hydroxyl groups excluding tert-OH is 1. The zero-order chi connectivity index (χ0) is 22.3. The van der Waals surface area contributed by atoms with E-state index in [-0.39, 0.29) is 11.3 Å². The molecule has 1 aliphatic heterocycles. The summed E-state index contributed by atoms with van der Waals surface area (Å²) in [4.78, 5) is 27.8. The summed E-state index contributed by atoms with van der Waals surface area (Å²) in [6, 6.07) is 12.9. The normalized spacial score (nSPS) is 18.3. The number of hydrogen-bond acceptors (Lipinski definition) is 3. The minimum atomic E-state index is -0.621. The molecule has 0 aliphatic carbocycles. The van der Waals surface area contributed by atoms with Crippen LogP contribution < -0.4 is 0 Å². The summed E-state index contributed by atoms with van der Waals surface area (Å²) >= 11 is 0. The molecule has 5 heteroatoms. The lowest BCUT2D eigenvalue weighted by molar-refractivity contribution is -0.139. The maximum Gasteiger partial charge on any atom is 0.295 e. The Balaban J connectivity index is 1.96. The summed E-state index contributed by atoms with van der Waals surface area (Å²) in [7, 11) is 1.95. The second kappa shape index (κ2) is 8.06. The number of aromatic nitrogens is 1. The average Bonchev–Trinajstić information content (AvgIpc) is 3.22. The molecule has 1 saturated heterocycles. The van der Waals surface area contributed by atoms with E-state index in [1.165, 1.54) is 0 Å². The van der Waals surface area contributed by atoms with Crippen molar-refractivity contribution in [3.05, 3.63) is 76.5 Å². The van der Waals surface area contributed by atoms with Crippen molar-refractivity contribution in [2.75, 3.05) is 6.54 Å². The van der Waals surface area contributed by atoms with Gasteiger partial charge in [0.15, 0.2) is 0 Å². The summed E-state index contributed by atoms with van der Waals surface area (Å²) in [6.45, 7) is 6.49. The van der Waals surface area contributed by atoms with Gasteiger partial charge in [-0.2, -0.15) is 0 Å². The molecule has 0 bridgehead atoms. The zero-order valence-electron chi connectivity index (χ0n) is 18.5. The van der Waals surface area contributed by atoms with Crippen LogP contribution in [0, 0.1) is 13.8 Å². The number of Topliss-reactive ketones (excluding diaryl/α,β-unsaturated/α-hetero) is 1. The minimum Gasteiger partial charge on any atom is -0.507 e. The molecule has 160 valence electrons. The Bertz CT molecular complexity index is 1220. The molecule has 1 amide bonds. The number of likely N-dealkylation sites (tertiary alicyclic amines) is 1. The van der Waals surface area contributed by atoms with E-state index in [2.05, 4.69) is 6.92 Å². The van der Waals surface area contributed by atoms with Gasteiger partial charge < -0.3 is 14.6 Å². The predicted molar refractivity (Wildman–Crippen MR) is 123 cm³/mol. The molecule has 0 spiro atoms. The molecule has 1 fully saturated rings. The van der Waals surface area contributed by atoms with Crippen molar-refractivity contribution in [2.45, 2.75) is 39.7 Å². The van der Waals surface area contributed by atoms with E-state index in [0.717, 1.165) is 40.4 Å². The summed E-state index contributed by atoms with van der Waals surface area (Å²) in [5.41, 5.74) is 4.72. The number of carbonyl (C=O) groups excluding carboxylic acids is 2. The first-order valence-corrected chi connectivity index (χ1v) is 10.7.